The third-order valence-corrected chi connectivity index (χ3v) is 2.22. The highest BCUT2D eigenvalue weighted by molar-refractivity contribution is 6.35. The number of halogens is 1. The van der Waals surface area contributed by atoms with Gasteiger partial charge in [0, 0.05) is 11.1 Å². The summed E-state index contributed by atoms with van der Waals surface area (Å²) in [5, 5.41) is 9.88. The molecule has 0 aromatic carbocycles. The van der Waals surface area contributed by atoms with Crippen LogP contribution in [0.1, 0.15) is 16.2 Å². The van der Waals surface area contributed by atoms with Gasteiger partial charge < -0.3 is 10.1 Å². The van der Waals surface area contributed by atoms with Crippen molar-refractivity contribution in [2.75, 3.05) is 0 Å². The Labute approximate surface area is 84.5 Å². The average molecular weight is 211 g/mol. The van der Waals surface area contributed by atoms with Gasteiger partial charge in [0.1, 0.15) is 5.65 Å². The van der Waals surface area contributed by atoms with Gasteiger partial charge in [-0.2, -0.15) is 0 Å². The van der Waals surface area contributed by atoms with Crippen LogP contribution < -0.4 is 0 Å². The van der Waals surface area contributed by atoms with Crippen molar-refractivity contribution in [3.8, 4) is 0 Å². The minimum atomic E-state index is -1.08. The molecular weight excluding hydrogens is 204 g/mol. The molecule has 2 N–H and O–H groups in total. The van der Waals surface area contributed by atoms with Crippen LogP contribution in [0, 0.1) is 6.92 Å². The van der Waals surface area contributed by atoms with E-state index in [0.29, 0.717) is 10.7 Å². The first-order valence-corrected chi connectivity index (χ1v) is 4.35. The summed E-state index contributed by atoms with van der Waals surface area (Å²) in [5.41, 5.74) is 1.36. The number of carboxylic acids is 1. The molecule has 0 radical (unpaired) electrons. The maximum Gasteiger partial charge on any atom is 0.354 e. The predicted molar refractivity (Wildman–Crippen MR) is 52.8 cm³/mol. The SMILES string of the molecule is Cc1cc2c(Cl)cc(C(=O)O)nc2[nH]1. The molecule has 14 heavy (non-hydrogen) atoms. The molecule has 4 nitrogen and oxygen atoms in total. The lowest BCUT2D eigenvalue weighted by Gasteiger charge is -1.96. The van der Waals surface area contributed by atoms with E-state index < -0.39 is 5.97 Å². The van der Waals surface area contributed by atoms with Crippen LogP contribution >= 0.6 is 11.6 Å². The Balaban J connectivity index is 2.77. The van der Waals surface area contributed by atoms with Crippen molar-refractivity contribution in [3.63, 3.8) is 0 Å². The summed E-state index contributed by atoms with van der Waals surface area (Å²) in [4.78, 5) is 17.5. The van der Waals surface area contributed by atoms with Gasteiger partial charge in [0.25, 0.3) is 0 Å². The molecule has 2 rings (SSSR count). The minimum absolute atomic E-state index is 0.0515. The zero-order valence-electron chi connectivity index (χ0n) is 7.34. The summed E-state index contributed by atoms with van der Waals surface area (Å²) in [5.74, 6) is -1.08. The Morgan fingerprint density at radius 3 is 2.93 bits per heavy atom. The topological polar surface area (TPSA) is 66.0 Å². The molecule has 0 amide bonds. The minimum Gasteiger partial charge on any atom is -0.477 e. The summed E-state index contributed by atoms with van der Waals surface area (Å²) in [7, 11) is 0. The van der Waals surface area contributed by atoms with E-state index in [-0.39, 0.29) is 5.69 Å². The molecule has 2 aromatic rings. The van der Waals surface area contributed by atoms with Crippen LogP contribution in [-0.4, -0.2) is 21.0 Å². The quantitative estimate of drug-likeness (QED) is 0.759. The van der Waals surface area contributed by atoms with E-state index in [9.17, 15) is 4.79 Å². The molecule has 0 spiro atoms. The number of H-pyrrole nitrogens is 1. The Bertz CT molecular complexity index is 519. The van der Waals surface area contributed by atoms with Gasteiger partial charge in [0.15, 0.2) is 5.69 Å². The fraction of sp³-hybridized carbons (Fsp3) is 0.111. The number of carboxylic acid groups (broad SMARTS) is 1. The molecular formula is C9H7ClN2O2. The molecule has 0 saturated heterocycles. The van der Waals surface area contributed by atoms with Crippen LogP contribution in [0.3, 0.4) is 0 Å². The Hall–Kier alpha value is -1.55. The number of nitrogens with zero attached hydrogens (tertiary/aromatic N) is 1. The number of carbonyl (C=O) groups is 1. The third kappa shape index (κ3) is 1.33. The van der Waals surface area contributed by atoms with Gasteiger partial charge in [0.2, 0.25) is 0 Å². The molecule has 0 fully saturated rings. The number of nitrogens with one attached hydrogen (secondary N) is 1. The first-order chi connectivity index (χ1) is 6.58. The molecule has 2 heterocycles. The smallest absolute Gasteiger partial charge is 0.354 e. The molecule has 0 atom stereocenters. The lowest BCUT2D eigenvalue weighted by Crippen LogP contribution is -1.99. The van der Waals surface area contributed by atoms with E-state index in [1.165, 1.54) is 6.07 Å². The van der Waals surface area contributed by atoms with E-state index in [4.69, 9.17) is 16.7 Å². The molecule has 0 bridgehead atoms. The number of aromatic nitrogens is 2. The Morgan fingerprint density at radius 2 is 2.29 bits per heavy atom. The second-order valence-corrected chi connectivity index (χ2v) is 3.42. The van der Waals surface area contributed by atoms with Crippen molar-refractivity contribution < 1.29 is 9.90 Å². The molecule has 0 aliphatic carbocycles. The molecule has 0 unspecified atom stereocenters. The van der Waals surface area contributed by atoms with Crippen molar-refractivity contribution in [1.29, 1.82) is 0 Å². The van der Waals surface area contributed by atoms with E-state index in [2.05, 4.69) is 9.97 Å². The molecule has 5 heteroatoms. The Kier molecular flexibility index (Phi) is 1.93. The fourth-order valence-electron chi connectivity index (χ4n) is 1.31. The van der Waals surface area contributed by atoms with Crippen LogP contribution in [0.15, 0.2) is 12.1 Å². The highest BCUT2D eigenvalue weighted by Crippen LogP contribution is 2.23. The van der Waals surface area contributed by atoms with Crippen LogP contribution in [0.25, 0.3) is 11.0 Å². The summed E-state index contributed by atoms with van der Waals surface area (Å²) >= 11 is 5.90. The maximum atomic E-state index is 10.7. The lowest BCUT2D eigenvalue weighted by atomic mass is 10.3. The van der Waals surface area contributed by atoms with E-state index in [1.807, 2.05) is 13.0 Å². The normalized spacial score (nSPS) is 10.7. The van der Waals surface area contributed by atoms with Gasteiger partial charge in [-0.15, -0.1) is 0 Å². The van der Waals surface area contributed by atoms with Crippen molar-refractivity contribution in [2.45, 2.75) is 6.92 Å². The van der Waals surface area contributed by atoms with E-state index in [0.717, 1.165) is 11.1 Å². The number of aromatic amines is 1. The third-order valence-electron chi connectivity index (χ3n) is 1.90. The zero-order chi connectivity index (χ0) is 10.3. The molecule has 72 valence electrons. The highest BCUT2D eigenvalue weighted by atomic mass is 35.5. The van der Waals surface area contributed by atoms with Gasteiger partial charge in [-0.25, -0.2) is 9.78 Å². The molecule has 0 aliphatic rings. The van der Waals surface area contributed by atoms with Gasteiger partial charge in [-0.05, 0) is 19.1 Å². The Morgan fingerprint density at radius 1 is 1.57 bits per heavy atom. The van der Waals surface area contributed by atoms with Gasteiger partial charge >= 0.3 is 5.97 Å². The van der Waals surface area contributed by atoms with E-state index in [1.54, 1.807) is 0 Å². The molecule has 2 aromatic heterocycles. The van der Waals surface area contributed by atoms with Crippen LogP contribution in [0.4, 0.5) is 0 Å². The van der Waals surface area contributed by atoms with E-state index >= 15 is 0 Å². The number of rotatable bonds is 1. The number of hydrogen-bond acceptors (Lipinski definition) is 2. The van der Waals surface area contributed by atoms with Crippen molar-refractivity contribution >= 4 is 28.6 Å². The fourth-order valence-corrected chi connectivity index (χ4v) is 1.55. The molecule has 0 saturated carbocycles. The van der Waals surface area contributed by atoms with Gasteiger partial charge in [-0.3, -0.25) is 0 Å². The standard InChI is InChI=1S/C9H7ClN2O2/c1-4-2-5-6(10)3-7(9(13)14)12-8(5)11-4/h2-3H,1H3,(H,11,12)(H,13,14). The number of aryl methyl sites for hydroxylation is 1. The molecule has 0 aliphatic heterocycles. The summed E-state index contributed by atoms with van der Waals surface area (Å²) in [6.45, 7) is 1.86. The van der Waals surface area contributed by atoms with Crippen molar-refractivity contribution in [3.05, 3.63) is 28.5 Å². The summed E-state index contributed by atoms with van der Waals surface area (Å²) in [6, 6.07) is 3.18. The first kappa shape index (κ1) is 9.02. The number of hydrogen-bond donors (Lipinski definition) is 2. The monoisotopic (exact) mass is 210 g/mol. The van der Waals surface area contributed by atoms with Crippen LogP contribution in [0.5, 0.6) is 0 Å². The first-order valence-electron chi connectivity index (χ1n) is 3.97. The van der Waals surface area contributed by atoms with Crippen molar-refractivity contribution in [2.24, 2.45) is 0 Å². The maximum absolute atomic E-state index is 10.7. The van der Waals surface area contributed by atoms with Crippen LogP contribution in [-0.2, 0) is 0 Å². The predicted octanol–water partition coefficient (Wildman–Crippen LogP) is 2.22. The second kappa shape index (κ2) is 2.99. The van der Waals surface area contributed by atoms with Gasteiger partial charge in [-0.1, -0.05) is 11.6 Å². The largest absolute Gasteiger partial charge is 0.477 e. The number of aromatic carboxylic acids is 1. The lowest BCUT2D eigenvalue weighted by molar-refractivity contribution is 0.0691. The summed E-state index contributed by atoms with van der Waals surface area (Å²) < 4.78 is 0. The second-order valence-electron chi connectivity index (χ2n) is 3.01. The summed E-state index contributed by atoms with van der Waals surface area (Å²) in [6.07, 6.45) is 0. The van der Waals surface area contributed by atoms with Gasteiger partial charge in [0.05, 0.1) is 5.02 Å². The highest BCUT2D eigenvalue weighted by Gasteiger charge is 2.10. The van der Waals surface area contributed by atoms with Crippen molar-refractivity contribution in [1.82, 2.24) is 9.97 Å². The number of fused-ring (bicyclic) bond motifs is 1. The van der Waals surface area contributed by atoms with Crippen LogP contribution in [0.2, 0.25) is 5.02 Å². The average Bonchev–Trinajstić information content (AvgIpc) is 2.45. The number of pyridine rings is 1. The zero-order valence-corrected chi connectivity index (χ0v) is 8.09.